The molecule has 0 bridgehead atoms. The molecular weight excluding hydrogens is 311 g/mol. The summed E-state index contributed by atoms with van der Waals surface area (Å²) >= 11 is 0. The first kappa shape index (κ1) is 18.7. The minimum Gasteiger partial charge on any atom is -0.462 e. The molecule has 0 aliphatic carbocycles. The van der Waals surface area contributed by atoms with Crippen LogP contribution in [0.25, 0.3) is 0 Å². The van der Waals surface area contributed by atoms with Gasteiger partial charge in [0.2, 0.25) is 0 Å². The Labute approximate surface area is 130 Å². The van der Waals surface area contributed by atoms with Gasteiger partial charge in [0.1, 0.15) is 6.07 Å². The van der Waals surface area contributed by atoms with Crippen LogP contribution in [0.4, 0.5) is 0 Å². The largest absolute Gasteiger partial charge is 0.462 e. The lowest BCUT2D eigenvalue weighted by Crippen LogP contribution is -2.38. The van der Waals surface area contributed by atoms with Crippen molar-refractivity contribution in [1.29, 1.82) is 5.26 Å². The van der Waals surface area contributed by atoms with Crippen molar-refractivity contribution < 1.29 is 27.9 Å². The Morgan fingerprint density at radius 3 is 2.36 bits per heavy atom. The summed E-state index contributed by atoms with van der Waals surface area (Å²) in [6, 6.07) is 1.85. The highest BCUT2D eigenvalue weighted by molar-refractivity contribution is 7.54. The second kappa shape index (κ2) is 8.91. The fourth-order valence-corrected chi connectivity index (χ4v) is 3.12. The molecule has 0 atom stereocenters. The summed E-state index contributed by atoms with van der Waals surface area (Å²) in [5.41, 5.74) is 0.120. The highest BCUT2D eigenvalue weighted by Gasteiger charge is 2.31. The van der Waals surface area contributed by atoms with Gasteiger partial charge in [-0.3, -0.25) is 4.57 Å². The Morgan fingerprint density at radius 2 is 1.91 bits per heavy atom. The zero-order chi connectivity index (χ0) is 16.6. The molecule has 124 valence electrons. The van der Waals surface area contributed by atoms with E-state index in [1.165, 1.54) is 14.2 Å². The number of carbonyl (C=O) groups excluding carboxylic acids is 1. The molecule has 1 aliphatic heterocycles. The van der Waals surface area contributed by atoms with Gasteiger partial charge in [0, 0.05) is 27.3 Å². The number of ether oxygens (including phenoxy) is 2. The maximum Gasteiger partial charge on any atom is 0.350 e. The van der Waals surface area contributed by atoms with Crippen molar-refractivity contribution in [3.05, 3.63) is 11.3 Å². The lowest BCUT2D eigenvalue weighted by molar-refractivity contribution is -0.138. The van der Waals surface area contributed by atoms with Gasteiger partial charge in [-0.1, -0.05) is 0 Å². The van der Waals surface area contributed by atoms with Crippen LogP contribution in [-0.4, -0.2) is 64.2 Å². The molecule has 0 spiro atoms. The van der Waals surface area contributed by atoms with Crippen molar-refractivity contribution >= 4 is 13.6 Å². The highest BCUT2D eigenvalue weighted by Crippen LogP contribution is 2.48. The number of nitriles is 1. The summed E-state index contributed by atoms with van der Waals surface area (Å²) in [4.78, 5) is 13.8. The zero-order valence-corrected chi connectivity index (χ0v) is 13.9. The van der Waals surface area contributed by atoms with Crippen molar-refractivity contribution in [3.63, 3.8) is 0 Å². The lowest BCUT2D eigenvalue weighted by Gasteiger charge is -2.32. The van der Waals surface area contributed by atoms with Crippen LogP contribution >= 0.6 is 7.60 Å². The third kappa shape index (κ3) is 4.82. The predicted molar refractivity (Wildman–Crippen MR) is 78.2 cm³/mol. The Morgan fingerprint density at radius 1 is 1.32 bits per heavy atom. The van der Waals surface area contributed by atoms with Crippen molar-refractivity contribution in [2.24, 2.45) is 0 Å². The van der Waals surface area contributed by atoms with Gasteiger partial charge >= 0.3 is 13.6 Å². The van der Waals surface area contributed by atoms with Gasteiger partial charge in [-0.05, 0) is 6.92 Å². The standard InChI is InChI=1S/C13H21N2O6P/c1-4-21-13(16)11(9-14)12(10-22(17,18-2)19-3)15-5-7-20-8-6-15/h4-8,10H2,1-3H3. The summed E-state index contributed by atoms with van der Waals surface area (Å²) in [6.45, 7) is 3.66. The smallest absolute Gasteiger partial charge is 0.350 e. The van der Waals surface area contributed by atoms with Gasteiger partial charge in [-0.15, -0.1) is 0 Å². The molecular formula is C13H21N2O6P. The summed E-state index contributed by atoms with van der Waals surface area (Å²) in [7, 11) is -0.906. The molecule has 0 aromatic heterocycles. The molecule has 0 unspecified atom stereocenters. The fourth-order valence-electron chi connectivity index (χ4n) is 1.99. The second-order valence-corrected chi connectivity index (χ2v) is 6.66. The van der Waals surface area contributed by atoms with Crippen LogP contribution < -0.4 is 0 Å². The zero-order valence-electron chi connectivity index (χ0n) is 13.0. The molecule has 1 aliphatic rings. The van der Waals surface area contributed by atoms with Crippen molar-refractivity contribution in [3.8, 4) is 6.07 Å². The molecule has 1 rings (SSSR count). The van der Waals surface area contributed by atoms with E-state index in [9.17, 15) is 14.6 Å². The topological polar surface area (TPSA) is 98.1 Å². The van der Waals surface area contributed by atoms with Gasteiger partial charge < -0.3 is 23.4 Å². The van der Waals surface area contributed by atoms with Crippen LogP contribution in [-0.2, 0) is 27.9 Å². The van der Waals surface area contributed by atoms with Crippen LogP contribution in [0.15, 0.2) is 11.3 Å². The minimum atomic E-state index is -3.43. The Bertz CT molecular complexity index is 499. The van der Waals surface area contributed by atoms with E-state index >= 15 is 0 Å². The van der Waals surface area contributed by atoms with E-state index in [2.05, 4.69) is 0 Å². The summed E-state index contributed by atoms with van der Waals surface area (Å²) in [5, 5.41) is 9.33. The number of rotatable bonds is 7. The monoisotopic (exact) mass is 332 g/mol. The first-order valence-electron chi connectivity index (χ1n) is 6.85. The summed E-state index contributed by atoms with van der Waals surface area (Å²) in [6.07, 6.45) is -0.179. The number of hydrogen-bond donors (Lipinski definition) is 0. The number of morpholine rings is 1. The fraction of sp³-hybridized carbons (Fsp3) is 0.692. The van der Waals surface area contributed by atoms with Crippen LogP contribution in [0.3, 0.4) is 0 Å². The molecule has 9 heteroatoms. The third-order valence-corrected chi connectivity index (χ3v) is 4.97. The first-order chi connectivity index (χ1) is 10.5. The molecule has 0 radical (unpaired) electrons. The SMILES string of the molecule is CCOC(=O)C(C#N)=C(CP(=O)(OC)OC)N1CCOCC1. The van der Waals surface area contributed by atoms with E-state index in [4.69, 9.17) is 18.5 Å². The highest BCUT2D eigenvalue weighted by atomic mass is 31.2. The number of nitrogens with zero attached hydrogens (tertiary/aromatic N) is 2. The normalized spacial score (nSPS) is 16.7. The van der Waals surface area contributed by atoms with Gasteiger partial charge in [0.05, 0.1) is 31.7 Å². The molecule has 0 aromatic carbocycles. The van der Waals surface area contributed by atoms with Crippen LogP contribution in [0.5, 0.6) is 0 Å². The lowest BCUT2D eigenvalue weighted by atomic mass is 10.2. The molecule has 0 aromatic rings. The molecule has 0 amide bonds. The molecule has 8 nitrogen and oxygen atoms in total. The molecule has 1 saturated heterocycles. The number of allylic oxidation sites excluding steroid dienone is 1. The van der Waals surface area contributed by atoms with E-state index in [0.29, 0.717) is 32.0 Å². The van der Waals surface area contributed by atoms with Crippen LogP contribution in [0.2, 0.25) is 0 Å². The molecule has 0 N–H and O–H groups in total. The van der Waals surface area contributed by atoms with Crippen molar-refractivity contribution in [1.82, 2.24) is 4.90 Å². The average Bonchev–Trinajstić information content (AvgIpc) is 2.55. The van der Waals surface area contributed by atoms with Crippen molar-refractivity contribution in [2.75, 3.05) is 53.3 Å². The van der Waals surface area contributed by atoms with Gasteiger partial charge in [-0.2, -0.15) is 5.26 Å². The van der Waals surface area contributed by atoms with Crippen molar-refractivity contribution in [2.45, 2.75) is 6.92 Å². The van der Waals surface area contributed by atoms with E-state index in [1.54, 1.807) is 11.8 Å². The number of hydrogen-bond acceptors (Lipinski definition) is 8. The molecule has 0 saturated carbocycles. The predicted octanol–water partition coefficient (Wildman–Crippen LogP) is 1.15. The molecule has 1 fully saturated rings. The van der Waals surface area contributed by atoms with E-state index in [0.717, 1.165) is 0 Å². The minimum absolute atomic E-state index is 0.145. The molecule has 22 heavy (non-hydrogen) atoms. The van der Waals surface area contributed by atoms with E-state index < -0.39 is 13.6 Å². The van der Waals surface area contributed by atoms with Crippen LogP contribution in [0.1, 0.15) is 6.92 Å². The quantitative estimate of drug-likeness (QED) is 0.296. The Kier molecular flexibility index (Phi) is 7.56. The first-order valence-corrected chi connectivity index (χ1v) is 8.57. The average molecular weight is 332 g/mol. The van der Waals surface area contributed by atoms with Gasteiger partial charge in [-0.25, -0.2) is 4.79 Å². The number of esters is 1. The second-order valence-electron chi connectivity index (χ2n) is 4.39. The molecule has 1 heterocycles. The Balaban J connectivity index is 3.21. The van der Waals surface area contributed by atoms with Gasteiger partial charge in [0.15, 0.2) is 5.57 Å². The summed E-state index contributed by atoms with van der Waals surface area (Å²) < 4.78 is 32.4. The van der Waals surface area contributed by atoms with Crippen LogP contribution in [0, 0.1) is 11.3 Å². The van der Waals surface area contributed by atoms with Gasteiger partial charge in [0.25, 0.3) is 0 Å². The third-order valence-electron chi connectivity index (χ3n) is 3.17. The van der Waals surface area contributed by atoms with E-state index in [1.807, 2.05) is 6.07 Å². The van der Waals surface area contributed by atoms with E-state index in [-0.39, 0.29) is 18.3 Å². The maximum absolute atomic E-state index is 12.4. The summed E-state index contributed by atoms with van der Waals surface area (Å²) in [5.74, 6) is -0.745. The Hall–Kier alpha value is -1.39. The maximum atomic E-state index is 12.4. The number of carbonyl (C=O) groups is 1.